The lowest BCUT2D eigenvalue weighted by Gasteiger charge is -2.40. The van der Waals surface area contributed by atoms with Crippen LogP contribution < -0.4 is 52.4 Å². The van der Waals surface area contributed by atoms with E-state index < -0.39 is 16.1 Å². The van der Waals surface area contributed by atoms with E-state index >= 15 is 9.59 Å². The lowest BCUT2D eigenvalue weighted by molar-refractivity contribution is 0.591. The Morgan fingerprint density at radius 2 is 0.613 bits per heavy atom. The van der Waals surface area contributed by atoms with Crippen molar-refractivity contribution in [3.8, 4) is 11.1 Å². The molecule has 10 aromatic carbocycles. The van der Waals surface area contributed by atoms with Gasteiger partial charge in [-0.2, -0.15) is 0 Å². The second-order valence-corrected chi connectivity index (χ2v) is 29.8. The molecule has 12 aromatic rings. The van der Waals surface area contributed by atoms with E-state index in [-0.39, 0.29) is 21.7 Å². The molecule has 0 fully saturated rings. The van der Waals surface area contributed by atoms with E-state index in [1.165, 1.54) is 41.5 Å². The number of fused-ring (bicyclic) bond motifs is 4. The summed E-state index contributed by atoms with van der Waals surface area (Å²) in [7, 11) is -6.73. The first kappa shape index (κ1) is 47.8. The Hall–Kier alpha value is -8.23. The Bertz CT molecular complexity index is 3750. The van der Waals surface area contributed by atoms with Crippen LogP contribution in [0.1, 0.15) is 52.7 Å². The van der Waals surface area contributed by atoms with Crippen molar-refractivity contribution in [2.24, 2.45) is 0 Å². The average molecular weight is 1000 g/mol. The molecule has 0 aliphatic carbocycles. The minimum atomic E-state index is -3.37. The smallest absolute Gasteiger partial charge is 0.197 e. The largest absolute Gasteiger partial charge is 0.308 e. The Balaban J connectivity index is 1.37. The molecule has 0 bridgehead atoms. The highest BCUT2D eigenvalue weighted by atomic mass is 28.3. The molecule has 2 aromatic heterocycles. The van der Waals surface area contributed by atoms with E-state index in [2.05, 4.69) is 295 Å². The summed E-state index contributed by atoms with van der Waals surface area (Å²) in [5.74, 6) is 0. The van der Waals surface area contributed by atoms with Crippen LogP contribution in [0.2, 0.25) is 0 Å². The SMILES string of the molecule is CC(C)(C)c1ccc2c(c1)c(=O)c1cc(-c3c([Si](c4ccccc4)(c4ccccc4)c4ccccc4)cccc3[Si](c3ccccc3)(c3ccccc3)c3ccccc3)cc3c(=O)c4cc(C(C)(C)C)ccc4n2c13. The van der Waals surface area contributed by atoms with Crippen molar-refractivity contribution in [2.45, 2.75) is 52.4 Å². The summed E-state index contributed by atoms with van der Waals surface area (Å²) < 4.78 is 2.21. The number of benzene rings is 10. The third kappa shape index (κ3) is 7.59. The fraction of sp³-hybridized carbons (Fsp3) is 0.114. The predicted molar refractivity (Wildman–Crippen MR) is 324 cm³/mol. The van der Waals surface area contributed by atoms with Crippen LogP contribution in [-0.2, 0) is 10.8 Å². The van der Waals surface area contributed by atoms with Crippen molar-refractivity contribution in [1.29, 1.82) is 0 Å². The van der Waals surface area contributed by atoms with E-state index in [0.29, 0.717) is 27.1 Å². The van der Waals surface area contributed by atoms with Gasteiger partial charge in [-0.25, -0.2) is 0 Å². The quantitative estimate of drug-likeness (QED) is 0.0626. The van der Waals surface area contributed by atoms with Gasteiger partial charge in [0, 0.05) is 21.5 Å². The van der Waals surface area contributed by atoms with Gasteiger partial charge in [0.25, 0.3) is 0 Å². The summed E-state index contributed by atoms with van der Waals surface area (Å²) in [6, 6.07) is 90.5. The van der Waals surface area contributed by atoms with Crippen LogP contribution in [0.15, 0.2) is 258 Å². The molecule has 364 valence electrons. The van der Waals surface area contributed by atoms with Gasteiger partial charge in [0.05, 0.1) is 16.6 Å². The third-order valence-electron chi connectivity index (χ3n) is 15.9. The maximum absolute atomic E-state index is 16.0. The molecule has 2 heterocycles. The molecule has 5 heteroatoms. The zero-order valence-electron chi connectivity index (χ0n) is 43.4. The van der Waals surface area contributed by atoms with E-state index in [1.54, 1.807) is 0 Å². The van der Waals surface area contributed by atoms with Gasteiger partial charge >= 0.3 is 0 Å². The third-order valence-corrected chi connectivity index (χ3v) is 25.6. The number of rotatable bonds is 9. The summed E-state index contributed by atoms with van der Waals surface area (Å²) in [5.41, 5.74) is 5.70. The first-order valence-corrected chi connectivity index (χ1v) is 30.2. The average Bonchev–Trinajstić information content (AvgIpc) is 3.45. The van der Waals surface area contributed by atoms with E-state index in [1.807, 2.05) is 0 Å². The predicted octanol–water partition coefficient (Wildman–Crippen LogP) is 10.6. The van der Waals surface area contributed by atoms with Crippen LogP contribution in [0.25, 0.3) is 49.2 Å². The molecule has 0 saturated carbocycles. The monoisotopic (exact) mass is 1000 g/mol. The van der Waals surface area contributed by atoms with Crippen molar-refractivity contribution in [2.75, 3.05) is 0 Å². The van der Waals surface area contributed by atoms with Crippen LogP contribution in [0.5, 0.6) is 0 Å². The van der Waals surface area contributed by atoms with Crippen LogP contribution in [0, 0.1) is 0 Å². The Morgan fingerprint density at radius 3 is 0.893 bits per heavy atom. The van der Waals surface area contributed by atoms with Crippen LogP contribution in [-0.4, -0.2) is 20.5 Å². The minimum absolute atomic E-state index is 0.0811. The lowest BCUT2D eigenvalue weighted by Crippen LogP contribution is -2.78. The number of pyridine rings is 2. The summed E-state index contributed by atoms with van der Waals surface area (Å²) in [6.07, 6.45) is 0. The molecule has 0 amide bonds. The maximum atomic E-state index is 16.0. The summed E-state index contributed by atoms with van der Waals surface area (Å²) >= 11 is 0. The summed E-state index contributed by atoms with van der Waals surface area (Å²) in [5, 5.41) is 12.1. The van der Waals surface area contributed by atoms with Crippen molar-refractivity contribution in [3.05, 3.63) is 280 Å². The molecule has 0 aliphatic rings. The second kappa shape index (κ2) is 18.3. The Labute approximate surface area is 441 Å². The zero-order chi connectivity index (χ0) is 51.7. The fourth-order valence-corrected chi connectivity index (χ4v) is 22.5. The molecule has 0 atom stereocenters. The number of nitrogens with zero attached hydrogens (tertiary/aromatic N) is 1. The molecule has 0 unspecified atom stereocenters. The Morgan fingerprint density at radius 1 is 0.320 bits per heavy atom. The van der Waals surface area contributed by atoms with Crippen molar-refractivity contribution < 1.29 is 0 Å². The molecule has 0 spiro atoms. The second-order valence-electron chi connectivity index (χ2n) is 22.3. The molecule has 3 nitrogen and oxygen atoms in total. The molecule has 0 N–H and O–H groups in total. The van der Waals surface area contributed by atoms with Crippen molar-refractivity contribution in [1.82, 2.24) is 4.40 Å². The van der Waals surface area contributed by atoms with Crippen molar-refractivity contribution >= 4 is 95.7 Å². The van der Waals surface area contributed by atoms with E-state index in [9.17, 15) is 0 Å². The van der Waals surface area contributed by atoms with Crippen LogP contribution in [0.3, 0.4) is 0 Å². The molecular formula is C70H59NO2Si2. The van der Waals surface area contributed by atoms with Gasteiger partial charge in [0.1, 0.15) is 0 Å². The highest BCUT2D eigenvalue weighted by Crippen LogP contribution is 2.35. The van der Waals surface area contributed by atoms with Crippen LogP contribution in [0.4, 0.5) is 0 Å². The summed E-state index contributed by atoms with van der Waals surface area (Å²) in [6.45, 7) is 13.2. The van der Waals surface area contributed by atoms with Gasteiger partial charge in [0.15, 0.2) is 27.0 Å². The topological polar surface area (TPSA) is 38.5 Å². The summed E-state index contributed by atoms with van der Waals surface area (Å²) in [4.78, 5) is 32.0. The van der Waals surface area contributed by atoms with Crippen LogP contribution >= 0.6 is 0 Å². The highest BCUT2D eigenvalue weighted by molar-refractivity contribution is 7.23. The normalized spacial score (nSPS) is 12.5. The van der Waals surface area contributed by atoms with Gasteiger partial charge in [-0.3, -0.25) is 9.59 Å². The fourth-order valence-electron chi connectivity index (χ4n) is 12.3. The number of aromatic nitrogens is 1. The molecule has 0 radical (unpaired) electrons. The van der Waals surface area contributed by atoms with Crippen molar-refractivity contribution in [3.63, 3.8) is 0 Å². The molecular weight excluding hydrogens is 943 g/mol. The first-order valence-electron chi connectivity index (χ1n) is 26.2. The first-order chi connectivity index (χ1) is 36.3. The minimum Gasteiger partial charge on any atom is -0.308 e. The van der Waals surface area contributed by atoms with Gasteiger partial charge in [0.2, 0.25) is 0 Å². The number of hydrogen-bond acceptors (Lipinski definition) is 2. The molecule has 0 saturated heterocycles. The highest BCUT2D eigenvalue weighted by Gasteiger charge is 2.48. The van der Waals surface area contributed by atoms with Gasteiger partial charge in [-0.1, -0.05) is 254 Å². The molecule has 0 aliphatic heterocycles. The molecule has 12 rings (SSSR count). The Kier molecular flexibility index (Phi) is 11.7. The molecule has 75 heavy (non-hydrogen) atoms. The van der Waals surface area contributed by atoms with Gasteiger partial charge < -0.3 is 4.40 Å². The standard InChI is InChI=1S/C70H59NO2Si2/c1-69(2,3)49-40-42-61-57(46-49)67(72)59-44-48(45-60-66(59)71(61)62-43-41-50(70(4,5)6)47-58(62)68(60)73)65-63(74(51-26-13-7-14-27-51,52-28-15-8-16-29-52)53-30-17-9-18-31-53)38-25-39-64(65)75(54-32-19-10-20-33-54,55-34-21-11-22-35-55)56-36-23-12-24-37-56/h7-47H,1-6H3. The van der Waals surface area contributed by atoms with Gasteiger partial charge in [-0.15, -0.1) is 0 Å². The van der Waals surface area contributed by atoms with Gasteiger partial charge in [-0.05, 0) is 111 Å². The zero-order valence-corrected chi connectivity index (χ0v) is 45.4. The van der Waals surface area contributed by atoms with E-state index in [4.69, 9.17) is 0 Å². The lowest BCUT2D eigenvalue weighted by atomic mass is 9.85. The number of hydrogen-bond donors (Lipinski definition) is 0. The maximum Gasteiger partial charge on any atom is 0.197 e. The van der Waals surface area contributed by atoms with E-state index in [0.717, 1.165) is 33.3 Å².